The van der Waals surface area contributed by atoms with Crippen LogP contribution in [0.25, 0.3) is 6.08 Å². The SMILES string of the molecule is O=C1N(CCO)CCCC12CCCN2C/C=C/c1ccccc1. The monoisotopic (exact) mass is 314 g/mol. The van der Waals surface area contributed by atoms with Crippen LogP contribution in [0.1, 0.15) is 31.2 Å². The number of carbonyl (C=O) groups excluding carboxylic acids is 1. The summed E-state index contributed by atoms with van der Waals surface area (Å²) in [7, 11) is 0. The first-order chi connectivity index (χ1) is 11.3. The fraction of sp³-hybridized carbons (Fsp3) is 0.526. The lowest BCUT2D eigenvalue weighted by molar-refractivity contribution is -0.147. The molecule has 1 aromatic rings. The van der Waals surface area contributed by atoms with E-state index in [9.17, 15) is 9.90 Å². The van der Waals surface area contributed by atoms with Gasteiger partial charge >= 0.3 is 0 Å². The van der Waals surface area contributed by atoms with E-state index in [0.717, 1.165) is 45.3 Å². The standard InChI is InChI=1S/C19H26N2O2/c22-16-15-20-12-5-10-19(18(20)23)11-6-14-21(19)13-4-9-17-7-2-1-3-8-17/h1-4,7-9,22H,5-6,10-16H2/b9-4+. The van der Waals surface area contributed by atoms with Crippen LogP contribution in [0.5, 0.6) is 0 Å². The van der Waals surface area contributed by atoms with Crippen molar-refractivity contribution in [2.24, 2.45) is 0 Å². The Hall–Kier alpha value is -1.65. The number of rotatable bonds is 5. The van der Waals surface area contributed by atoms with Gasteiger partial charge in [0.25, 0.3) is 0 Å². The second-order valence-corrected chi connectivity index (χ2v) is 6.51. The van der Waals surface area contributed by atoms with Gasteiger partial charge in [0.1, 0.15) is 5.54 Å². The summed E-state index contributed by atoms with van der Waals surface area (Å²) >= 11 is 0. The van der Waals surface area contributed by atoms with Gasteiger partial charge in [-0.05, 0) is 37.8 Å². The molecule has 23 heavy (non-hydrogen) atoms. The number of amides is 1. The molecule has 2 aliphatic rings. The number of β-amino-alcohol motifs (C(OH)–C–C–N with tert-alkyl or cyclic N) is 1. The Kier molecular flexibility index (Phi) is 5.13. The zero-order valence-corrected chi connectivity index (χ0v) is 13.7. The smallest absolute Gasteiger partial charge is 0.243 e. The minimum atomic E-state index is -0.325. The summed E-state index contributed by atoms with van der Waals surface area (Å²) < 4.78 is 0. The quantitative estimate of drug-likeness (QED) is 0.906. The van der Waals surface area contributed by atoms with Crippen molar-refractivity contribution in [3.05, 3.63) is 42.0 Å². The largest absolute Gasteiger partial charge is 0.395 e. The van der Waals surface area contributed by atoms with Gasteiger partial charge in [-0.2, -0.15) is 0 Å². The van der Waals surface area contributed by atoms with E-state index in [-0.39, 0.29) is 18.1 Å². The van der Waals surface area contributed by atoms with Gasteiger partial charge in [0.05, 0.1) is 6.61 Å². The maximum absolute atomic E-state index is 12.9. The molecule has 2 heterocycles. The normalized spacial score (nSPS) is 25.8. The first-order valence-corrected chi connectivity index (χ1v) is 8.63. The van der Waals surface area contributed by atoms with Gasteiger partial charge in [-0.15, -0.1) is 0 Å². The van der Waals surface area contributed by atoms with E-state index in [1.807, 2.05) is 23.1 Å². The molecule has 3 rings (SSSR count). The molecule has 4 heteroatoms. The predicted molar refractivity (Wildman–Crippen MR) is 91.9 cm³/mol. The van der Waals surface area contributed by atoms with Crippen LogP contribution in [0, 0.1) is 0 Å². The van der Waals surface area contributed by atoms with Crippen LogP contribution in [-0.4, -0.2) is 59.1 Å². The highest BCUT2D eigenvalue weighted by atomic mass is 16.3. The Morgan fingerprint density at radius 2 is 1.87 bits per heavy atom. The number of hydrogen-bond acceptors (Lipinski definition) is 3. The third-order valence-corrected chi connectivity index (χ3v) is 5.13. The highest BCUT2D eigenvalue weighted by molar-refractivity contribution is 5.87. The fourth-order valence-electron chi connectivity index (χ4n) is 4.01. The third-order valence-electron chi connectivity index (χ3n) is 5.13. The topological polar surface area (TPSA) is 43.8 Å². The summed E-state index contributed by atoms with van der Waals surface area (Å²) in [6, 6.07) is 10.3. The van der Waals surface area contributed by atoms with Gasteiger partial charge in [-0.25, -0.2) is 0 Å². The maximum atomic E-state index is 12.9. The molecule has 0 bridgehead atoms. The number of piperidine rings is 1. The van der Waals surface area contributed by atoms with Crippen molar-refractivity contribution in [1.29, 1.82) is 0 Å². The van der Waals surface area contributed by atoms with Gasteiger partial charge in [0.15, 0.2) is 0 Å². The highest BCUT2D eigenvalue weighted by Crippen LogP contribution is 2.38. The van der Waals surface area contributed by atoms with Gasteiger partial charge < -0.3 is 10.0 Å². The molecule has 1 atom stereocenters. The average Bonchev–Trinajstić information content (AvgIpc) is 2.97. The maximum Gasteiger partial charge on any atom is 0.243 e. The summed E-state index contributed by atoms with van der Waals surface area (Å²) in [6.45, 7) is 3.10. The third kappa shape index (κ3) is 3.33. The second kappa shape index (κ2) is 7.28. The number of aliphatic hydroxyl groups is 1. The Labute approximate surface area is 138 Å². The molecule has 1 aromatic carbocycles. The molecular weight excluding hydrogens is 288 g/mol. The molecule has 2 saturated heterocycles. The molecule has 1 amide bonds. The Morgan fingerprint density at radius 1 is 1.13 bits per heavy atom. The van der Waals surface area contributed by atoms with Crippen molar-refractivity contribution < 1.29 is 9.90 Å². The van der Waals surface area contributed by atoms with E-state index in [4.69, 9.17) is 0 Å². The van der Waals surface area contributed by atoms with Crippen LogP contribution in [0.15, 0.2) is 36.4 Å². The Balaban J connectivity index is 1.69. The van der Waals surface area contributed by atoms with Gasteiger partial charge in [-0.3, -0.25) is 9.69 Å². The summed E-state index contributed by atoms with van der Waals surface area (Å²) in [4.78, 5) is 17.1. The molecule has 0 saturated carbocycles. The van der Waals surface area contributed by atoms with Gasteiger partial charge in [0, 0.05) is 19.6 Å². The molecule has 0 aliphatic carbocycles. The van der Waals surface area contributed by atoms with Crippen LogP contribution in [0.2, 0.25) is 0 Å². The number of hydrogen-bond donors (Lipinski definition) is 1. The van der Waals surface area contributed by atoms with E-state index < -0.39 is 0 Å². The highest BCUT2D eigenvalue weighted by Gasteiger charge is 2.50. The lowest BCUT2D eigenvalue weighted by atomic mass is 9.85. The van der Waals surface area contributed by atoms with Crippen molar-refractivity contribution in [3.63, 3.8) is 0 Å². The van der Waals surface area contributed by atoms with Crippen LogP contribution in [0.4, 0.5) is 0 Å². The van der Waals surface area contributed by atoms with E-state index in [1.54, 1.807) is 0 Å². The van der Waals surface area contributed by atoms with Crippen molar-refractivity contribution in [2.75, 3.05) is 32.8 Å². The predicted octanol–water partition coefficient (Wildman–Crippen LogP) is 2.15. The number of benzene rings is 1. The van der Waals surface area contributed by atoms with Gasteiger partial charge in [0.2, 0.25) is 5.91 Å². The summed E-state index contributed by atoms with van der Waals surface area (Å²) in [5.41, 5.74) is 0.867. The van der Waals surface area contributed by atoms with Crippen LogP contribution < -0.4 is 0 Å². The number of carbonyl (C=O) groups is 1. The van der Waals surface area contributed by atoms with Crippen LogP contribution in [-0.2, 0) is 4.79 Å². The van der Waals surface area contributed by atoms with Gasteiger partial charge in [-0.1, -0.05) is 42.5 Å². The van der Waals surface area contributed by atoms with Crippen molar-refractivity contribution in [2.45, 2.75) is 31.2 Å². The van der Waals surface area contributed by atoms with Crippen LogP contribution in [0.3, 0.4) is 0 Å². The molecule has 0 aromatic heterocycles. The molecule has 2 aliphatic heterocycles. The van der Waals surface area contributed by atoms with E-state index in [1.165, 1.54) is 5.56 Å². The lowest BCUT2D eigenvalue weighted by Gasteiger charge is -2.44. The molecule has 1 N–H and O–H groups in total. The fourth-order valence-corrected chi connectivity index (χ4v) is 4.01. The Morgan fingerprint density at radius 3 is 2.61 bits per heavy atom. The van der Waals surface area contributed by atoms with Crippen LogP contribution >= 0.6 is 0 Å². The number of likely N-dealkylation sites (tertiary alicyclic amines) is 2. The molecule has 2 fully saturated rings. The molecule has 124 valence electrons. The first kappa shape index (κ1) is 16.2. The lowest BCUT2D eigenvalue weighted by Crippen LogP contribution is -2.60. The van der Waals surface area contributed by atoms with Crippen molar-refractivity contribution >= 4 is 12.0 Å². The van der Waals surface area contributed by atoms with E-state index in [0.29, 0.717) is 6.54 Å². The second-order valence-electron chi connectivity index (χ2n) is 6.51. The zero-order chi connectivity index (χ0) is 16.1. The molecule has 0 radical (unpaired) electrons. The number of aliphatic hydroxyl groups excluding tert-OH is 1. The minimum Gasteiger partial charge on any atom is -0.395 e. The first-order valence-electron chi connectivity index (χ1n) is 8.63. The van der Waals surface area contributed by atoms with E-state index in [2.05, 4.69) is 29.2 Å². The summed E-state index contributed by atoms with van der Waals surface area (Å²) in [5, 5.41) is 9.18. The molecule has 1 spiro atoms. The summed E-state index contributed by atoms with van der Waals surface area (Å²) in [6.07, 6.45) is 8.31. The molecule has 4 nitrogen and oxygen atoms in total. The zero-order valence-electron chi connectivity index (χ0n) is 13.7. The summed E-state index contributed by atoms with van der Waals surface area (Å²) in [5.74, 6) is 0.225. The minimum absolute atomic E-state index is 0.0513. The van der Waals surface area contributed by atoms with Crippen molar-refractivity contribution in [1.82, 2.24) is 9.80 Å². The number of nitrogens with zero attached hydrogens (tertiary/aromatic N) is 2. The average molecular weight is 314 g/mol. The van der Waals surface area contributed by atoms with E-state index >= 15 is 0 Å². The molecule has 1 unspecified atom stereocenters. The Bertz CT molecular complexity index is 556. The molecular formula is C19H26N2O2. The van der Waals surface area contributed by atoms with Crippen molar-refractivity contribution in [3.8, 4) is 0 Å².